The van der Waals surface area contributed by atoms with Crippen LogP contribution in [0.15, 0.2) is 18.2 Å². The summed E-state index contributed by atoms with van der Waals surface area (Å²) < 4.78 is 11.6. The summed E-state index contributed by atoms with van der Waals surface area (Å²) >= 11 is 0. The second-order valence-electron chi connectivity index (χ2n) is 6.70. The van der Waals surface area contributed by atoms with Crippen LogP contribution in [0, 0.1) is 5.92 Å². The summed E-state index contributed by atoms with van der Waals surface area (Å²) in [5.74, 6) is 2.61. The highest BCUT2D eigenvalue weighted by Crippen LogP contribution is 2.42. The summed E-state index contributed by atoms with van der Waals surface area (Å²) in [6.07, 6.45) is 3.21. The van der Waals surface area contributed by atoms with Crippen molar-refractivity contribution in [3.05, 3.63) is 23.8 Å². The summed E-state index contributed by atoms with van der Waals surface area (Å²) in [6, 6.07) is 6.47. The average molecular weight is 291 g/mol. The van der Waals surface area contributed by atoms with Crippen molar-refractivity contribution >= 4 is 0 Å². The third-order valence-corrected chi connectivity index (χ3v) is 4.44. The lowest BCUT2D eigenvalue weighted by Gasteiger charge is -2.40. The Morgan fingerprint density at radius 3 is 2.81 bits per heavy atom. The molecular formula is C18H29NO2. The molecule has 2 atom stereocenters. The Labute approximate surface area is 129 Å². The van der Waals surface area contributed by atoms with E-state index in [1.807, 2.05) is 12.1 Å². The van der Waals surface area contributed by atoms with Gasteiger partial charge in [-0.2, -0.15) is 0 Å². The molecule has 1 aromatic carbocycles. The number of hydrogen-bond acceptors (Lipinski definition) is 3. The maximum absolute atomic E-state index is 6.23. The van der Waals surface area contributed by atoms with Gasteiger partial charge in [0.15, 0.2) is 0 Å². The van der Waals surface area contributed by atoms with Gasteiger partial charge in [-0.1, -0.05) is 20.8 Å². The van der Waals surface area contributed by atoms with Crippen LogP contribution >= 0.6 is 0 Å². The Balaban J connectivity index is 2.21. The van der Waals surface area contributed by atoms with E-state index in [-0.39, 0.29) is 5.60 Å². The van der Waals surface area contributed by atoms with Gasteiger partial charge in [-0.3, -0.25) is 0 Å². The highest BCUT2D eigenvalue weighted by atomic mass is 16.5. The van der Waals surface area contributed by atoms with Crippen LogP contribution in [0.5, 0.6) is 11.5 Å². The molecule has 1 N–H and O–H groups in total. The van der Waals surface area contributed by atoms with Gasteiger partial charge in [0.2, 0.25) is 0 Å². The van der Waals surface area contributed by atoms with Crippen molar-refractivity contribution < 1.29 is 9.47 Å². The van der Waals surface area contributed by atoms with Crippen molar-refractivity contribution in [3.63, 3.8) is 0 Å². The average Bonchev–Trinajstić information content (AvgIpc) is 2.46. The predicted octanol–water partition coefficient (Wildman–Crippen LogP) is 4.32. The zero-order chi connectivity index (χ0) is 15.5. The molecule has 1 aliphatic heterocycles. The number of rotatable bonds is 6. The Morgan fingerprint density at radius 1 is 1.43 bits per heavy atom. The van der Waals surface area contributed by atoms with E-state index in [2.05, 4.69) is 39.1 Å². The first-order valence-electron chi connectivity index (χ1n) is 8.07. The fourth-order valence-corrected chi connectivity index (χ4v) is 2.81. The largest absolute Gasteiger partial charge is 0.497 e. The molecule has 0 aliphatic carbocycles. The third kappa shape index (κ3) is 3.91. The molecule has 3 heteroatoms. The number of methoxy groups -OCH3 is 1. The Kier molecular flexibility index (Phi) is 5.15. The van der Waals surface area contributed by atoms with E-state index in [0.29, 0.717) is 6.04 Å². The van der Waals surface area contributed by atoms with Crippen molar-refractivity contribution in [2.24, 2.45) is 5.92 Å². The fourth-order valence-electron chi connectivity index (χ4n) is 2.81. The lowest BCUT2D eigenvalue weighted by Crippen LogP contribution is -2.41. The topological polar surface area (TPSA) is 30.5 Å². The molecule has 0 aromatic heterocycles. The number of benzene rings is 1. The normalized spacial score (nSPS) is 24.6. The molecule has 2 rings (SSSR count). The Hall–Kier alpha value is -1.22. The molecule has 1 aliphatic rings. The Bertz CT molecular complexity index is 472. The molecule has 1 aromatic rings. The quantitative estimate of drug-likeness (QED) is 0.846. The smallest absolute Gasteiger partial charge is 0.125 e. The van der Waals surface area contributed by atoms with Gasteiger partial charge in [0.1, 0.15) is 17.1 Å². The van der Waals surface area contributed by atoms with Crippen molar-refractivity contribution in [1.29, 1.82) is 0 Å². The lowest BCUT2D eigenvalue weighted by atomic mass is 9.86. The summed E-state index contributed by atoms with van der Waals surface area (Å²) in [4.78, 5) is 0. The lowest BCUT2D eigenvalue weighted by molar-refractivity contribution is 0.0439. The number of nitrogens with one attached hydrogen (secondary N) is 1. The molecular weight excluding hydrogens is 262 g/mol. The fraction of sp³-hybridized carbons (Fsp3) is 0.667. The summed E-state index contributed by atoms with van der Waals surface area (Å²) in [5, 5.41) is 3.71. The van der Waals surface area contributed by atoms with E-state index in [1.165, 1.54) is 12.0 Å². The molecule has 0 spiro atoms. The summed E-state index contributed by atoms with van der Waals surface area (Å²) in [7, 11) is 1.71. The molecule has 2 unspecified atom stereocenters. The number of hydrogen-bond donors (Lipinski definition) is 1. The predicted molar refractivity (Wildman–Crippen MR) is 87.1 cm³/mol. The minimum Gasteiger partial charge on any atom is -0.497 e. The highest BCUT2D eigenvalue weighted by Gasteiger charge is 2.35. The van der Waals surface area contributed by atoms with Gasteiger partial charge in [-0.05, 0) is 50.4 Å². The standard InChI is InChI=1S/C18H29NO2/c1-6-18(4)12-16(19-10-9-13(2)3)15-11-14(20-5)7-8-17(15)21-18/h7-8,11,13,16,19H,6,9-10,12H2,1-5H3. The second kappa shape index (κ2) is 6.69. The molecule has 0 fully saturated rings. The molecule has 0 radical (unpaired) electrons. The third-order valence-electron chi connectivity index (χ3n) is 4.44. The van der Waals surface area contributed by atoms with Crippen molar-refractivity contribution in [3.8, 4) is 11.5 Å². The van der Waals surface area contributed by atoms with Gasteiger partial charge in [0, 0.05) is 18.0 Å². The van der Waals surface area contributed by atoms with Crippen LogP contribution < -0.4 is 14.8 Å². The maximum Gasteiger partial charge on any atom is 0.125 e. The van der Waals surface area contributed by atoms with E-state index < -0.39 is 0 Å². The van der Waals surface area contributed by atoms with E-state index in [0.717, 1.165) is 36.8 Å². The summed E-state index contributed by atoms with van der Waals surface area (Å²) in [5.41, 5.74) is 1.14. The first-order chi connectivity index (χ1) is 9.97. The molecule has 0 amide bonds. The van der Waals surface area contributed by atoms with E-state index in [4.69, 9.17) is 9.47 Å². The monoisotopic (exact) mass is 291 g/mol. The number of fused-ring (bicyclic) bond motifs is 1. The van der Waals surface area contributed by atoms with Crippen LogP contribution in [-0.2, 0) is 0 Å². The van der Waals surface area contributed by atoms with E-state index in [1.54, 1.807) is 7.11 Å². The maximum atomic E-state index is 6.23. The SMILES string of the molecule is CCC1(C)CC(NCCC(C)C)c2cc(OC)ccc2O1. The van der Waals surface area contributed by atoms with E-state index >= 15 is 0 Å². The minimum atomic E-state index is -0.0862. The minimum absolute atomic E-state index is 0.0862. The van der Waals surface area contributed by atoms with Crippen molar-refractivity contribution in [2.45, 2.75) is 58.6 Å². The molecule has 0 saturated carbocycles. The van der Waals surface area contributed by atoms with Crippen LogP contribution in [0.25, 0.3) is 0 Å². The van der Waals surface area contributed by atoms with Gasteiger partial charge >= 0.3 is 0 Å². The number of ether oxygens (including phenoxy) is 2. The molecule has 118 valence electrons. The highest BCUT2D eigenvalue weighted by molar-refractivity contribution is 5.44. The molecule has 1 heterocycles. The zero-order valence-corrected chi connectivity index (χ0v) is 14.0. The van der Waals surface area contributed by atoms with Gasteiger partial charge in [0.05, 0.1) is 7.11 Å². The van der Waals surface area contributed by atoms with Crippen LogP contribution in [0.4, 0.5) is 0 Å². The van der Waals surface area contributed by atoms with Gasteiger partial charge in [-0.25, -0.2) is 0 Å². The molecule has 3 nitrogen and oxygen atoms in total. The van der Waals surface area contributed by atoms with E-state index in [9.17, 15) is 0 Å². The summed E-state index contributed by atoms with van der Waals surface area (Å²) in [6.45, 7) is 9.97. The molecule has 0 saturated heterocycles. The van der Waals surface area contributed by atoms with Crippen LogP contribution in [0.1, 0.15) is 58.6 Å². The molecule has 0 bridgehead atoms. The first kappa shape index (κ1) is 16.2. The molecule has 21 heavy (non-hydrogen) atoms. The van der Waals surface area contributed by atoms with Crippen LogP contribution in [-0.4, -0.2) is 19.3 Å². The zero-order valence-electron chi connectivity index (χ0n) is 14.0. The van der Waals surface area contributed by atoms with Gasteiger partial charge < -0.3 is 14.8 Å². The van der Waals surface area contributed by atoms with Crippen molar-refractivity contribution in [1.82, 2.24) is 5.32 Å². The van der Waals surface area contributed by atoms with Gasteiger partial charge in [-0.15, -0.1) is 0 Å². The first-order valence-corrected chi connectivity index (χ1v) is 8.07. The van der Waals surface area contributed by atoms with Gasteiger partial charge in [0.25, 0.3) is 0 Å². The van der Waals surface area contributed by atoms with Crippen LogP contribution in [0.2, 0.25) is 0 Å². The Morgan fingerprint density at radius 2 is 2.19 bits per heavy atom. The van der Waals surface area contributed by atoms with Crippen LogP contribution in [0.3, 0.4) is 0 Å². The van der Waals surface area contributed by atoms with Crippen molar-refractivity contribution in [2.75, 3.05) is 13.7 Å². The second-order valence-corrected chi connectivity index (χ2v) is 6.70.